The second kappa shape index (κ2) is 14.5. The molecule has 2 N–H and O–H groups in total. The van der Waals surface area contributed by atoms with Crippen LogP contribution in [0.1, 0.15) is 77.0 Å². The number of rotatable bonds is 11. The van der Waals surface area contributed by atoms with E-state index in [-0.39, 0.29) is 11.0 Å². The number of ether oxygens (including phenoxy) is 1. The van der Waals surface area contributed by atoms with Crippen molar-refractivity contribution in [1.82, 2.24) is 10.6 Å². The van der Waals surface area contributed by atoms with Crippen molar-refractivity contribution in [3.63, 3.8) is 0 Å². The van der Waals surface area contributed by atoms with Gasteiger partial charge in [-0.05, 0) is 102 Å². The summed E-state index contributed by atoms with van der Waals surface area (Å²) in [5.41, 5.74) is -3.90. The molecular formula is C32H37F4N5O4S. The molecule has 0 bridgehead atoms. The molecule has 248 valence electrons. The summed E-state index contributed by atoms with van der Waals surface area (Å²) in [5.74, 6) is -2.58. The maximum Gasteiger partial charge on any atom is 0.420 e. The van der Waals surface area contributed by atoms with Gasteiger partial charge in [0.25, 0.3) is 5.91 Å². The first-order valence-corrected chi connectivity index (χ1v) is 15.1. The van der Waals surface area contributed by atoms with Gasteiger partial charge in [-0.25, -0.2) is 9.18 Å². The highest BCUT2D eigenvalue weighted by molar-refractivity contribution is 7.81. The number of halogens is 4. The van der Waals surface area contributed by atoms with Crippen LogP contribution in [0.2, 0.25) is 0 Å². The predicted molar refractivity (Wildman–Crippen MR) is 169 cm³/mol. The first-order chi connectivity index (χ1) is 21.4. The van der Waals surface area contributed by atoms with Crippen molar-refractivity contribution < 1.29 is 36.7 Å². The number of carbonyl (C=O) groups excluding carboxylic acids is 3. The first kappa shape index (κ1) is 36.2. The maximum atomic E-state index is 15.2. The number of aryl methyl sites for hydroxylation is 1. The number of alkyl halides is 3. The average molecular weight is 664 g/mol. The van der Waals surface area contributed by atoms with E-state index < -0.39 is 51.9 Å². The van der Waals surface area contributed by atoms with Crippen molar-refractivity contribution in [2.24, 2.45) is 0 Å². The van der Waals surface area contributed by atoms with E-state index in [1.54, 1.807) is 45.0 Å². The van der Waals surface area contributed by atoms with E-state index >= 15 is 4.39 Å². The van der Waals surface area contributed by atoms with Gasteiger partial charge in [-0.15, -0.1) is 0 Å². The summed E-state index contributed by atoms with van der Waals surface area (Å²) in [7, 11) is 0. The molecule has 0 radical (unpaired) electrons. The van der Waals surface area contributed by atoms with Gasteiger partial charge in [-0.2, -0.15) is 18.4 Å². The third kappa shape index (κ3) is 8.72. The summed E-state index contributed by atoms with van der Waals surface area (Å²) in [6.07, 6.45) is -2.80. The Kier molecular flexibility index (Phi) is 11.4. The fourth-order valence-corrected chi connectivity index (χ4v) is 5.40. The summed E-state index contributed by atoms with van der Waals surface area (Å²) in [6.45, 7) is 9.33. The third-order valence-electron chi connectivity index (χ3n) is 7.09. The number of nitrogens with zero attached hydrogens (tertiary/aromatic N) is 3. The molecule has 1 fully saturated rings. The van der Waals surface area contributed by atoms with Crippen molar-refractivity contribution in [2.45, 2.75) is 84.0 Å². The molecule has 1 aliphatic rings. The van der Waals surface area contributed by atoms with E-state index in [1.807, 2.05) is 0 Å². The fourth-order valence-electron chi connectivity index (χ4n) is 4.88. The quantitative estimate of drug-likeness (QED) is 0.163. The van der Waals surface area contributed by atoms with Crippen LogP contribution >= 0.6 is 12.2 Å². The van der Waals surface area contributed by atoms with Crippen LogP contribution in [0.25, 0.3) is 0 Å². The molecule has 1 aliphatic heterocycles. The molecule has 2 aromatic carbocycles. The molecule has 1 heterocycles. The molecule has 0 unspecified atom stereocenters. The van der Waals surface area contributed by atoms with Crippen LogP contribution in [0.5, 0.6) is 0 Å². The van der Waals surface area contributed by atoms with Gasteiger partial charge in [0, 0.05) is 25.2 Å². The van der Waals surface area contributed by atoms with Crippen molar-refractivity contribution in [3.05, 3.63) is 58.9 Å². The highest BCUT2D eigenvalue weighted by Gasteiger charge is 2.52. The Morgan fingerprint density at radius 3 is 2.17 bits per heavy atom. The fraction of sp³-hybridized carbons (Fsp3) is 0.469. The lowest BCUT2D eigenvalue weighted by Gasteiger charge is -2.29. The van der Waals surface area contributed by atoms with Crippen LogP contribution in [0.4, 0.5) is 33.7 Å². The Balaban J connectivity index is 1.55. The lowest BCUT2D eigenvalue weighted by atomic mass is 10.0. The zero-order chi connectivity index (χ0) is 34.4. The number of anilines is 2. The van der Waals surface area contributed by atoms with Crippen LogP contribution < -0.4 is 20.4 Å². The normalized spacial score (nSPS) is 14.7. The molecular weight excluding hydrogens is 626 g/mol. The minimum Gasteiger partial charge on any atom is -0.444 e. The smallest absolute Gasteiger partial charge is 0.420 e. The van der Waals surface area contributed by atoms with Crippen LogP contribution in [0.15, 0.2) is 36.4 Å². The number of nitriles is 1. The van der Waals surface area contributed by atoms with Gasteiger partial charge < -0.3 is 20.3 Å². The Morgan fingerprint density at radius 2 is 1.61 bits per heavy atom. The van der Waals surface area contributed by atoms with E-state index in [4.69, 9.17) is 22.2 Å². The zero-order valence-electron chi connectivity index (χ0n) is 26.3. The summed E-state index contributed by atoms with van der Waals surface area (Å²) in [4.78, 5) is 39.4. The summed E-state index contributed by atoms with van der Waals surface area (Å²) < 4.78 is 61.2. The van der Waals surface area contributed by atoms with Crippen LogP contribution in [0.3, 0.4) is 0 Å². The second-order valence-electron chi connectivity index (χ2n) is 12.3. The van der Waals surface area contributed by atoms with Gasteiger partial charge in [-0.3, -0.25) is 14.5 Å². The Morgan fingerprint density at radius 1 is 1.00 bits per heavy atom. The zero-order valence-corrected chi connectivity index (χ0v) is 27.1. The molecule has 1 saturated heterocycles. The molecule has 14 heteroatoms. The van der Waals surface area contributed by atoms with Crippen LogP contribution in [-0.2, 0) is 26.9 Å². The number of carbonyl (C=O) groups is 3. The molecule has 0 atom stereocenters. The summed E-state index contributed by atoms with van der Waals surface area (Å²) >= 11 is 5.48. The van der Waals surface area contributed by atoms with Gasteiger partial charge in [0.15, 0.2) is 10.9 Å². The standard InChI is InChI=1S/C32H37F4N5O4S/c1-30(2,3)45-28(44)39-18-7-6-17-38-24(42)10-8-9-20-11-14-22(15-12-20)41-29(46)40(27(43)31(41,4)5)23-16-13-21(19-37)25(26(23)33)32(34,35)36/h11-16H,6-10,17-18H2,1-5H3,(H,38,42)(H,39,44). The first-order valence-electron chi connectivity index (χ1n) is 14.7. The van der Waals surface area contributed by atoms with E-state index in [0.717, 1.165) is 22.6 Å². The molecule has 46 heavy (non-hydrogen) atoms. The molecule has 2 aromatic rings. The number of thiocarbonyl (C=S) groups is 1. The molecule has 0 saturated carbocycles. The number of alkyl carbamates (subject to hydrolysis) is 1. The van der Waals surface area contributed by atoms with Crippen LogP contribution in [0, 0.1) is 17.1 Å². The molecule has 3 amide bonds. The minimum atomic E-state index is -5.16. The lowest BCUT2D eigenvalue weighted by Crippen LogP contribution is -2.44. The van der Waals surface area contributed by atoms with Gasteiger partial charge in [0.1, 0.15) is 16.7 Å². The number of nitrogens with one attached hydrogen (secondary N) is 2. The Labute approximate surface area is 270 Å². The van der Waals surface area contributed by atoms with Crippen LogP contribution in [-0.4, -0.2) is 47.2 Å². The SMILES string of the molecule is CC(C)(C)OC(=O)NCCCCNC(=O)CCCc1ccc(N2C(=S)N(c3ccc(C#N)c(C(F)(F)F)c3F)C(=O)C2(C)C)cc1. The largest absolute Gasteiger partial charge is 0.444 e. The van der Waals surface area contributed by atoms with Crippen molar-refractivity contribution in [2.75, 3.05) is 22.9 Å². The Hall–Kier alpha value is -4.25. The molecule has 0 spiro atoms. The van der Waals surface area contributed by atoms with E-state index in [0.29, 0.717) is 50.9 Å². The number of benzene rings is 2. The predicted octanol–water partition coefficient (Wildman–Crippen LogP) is 6.38. The molecule has 9 nitrogen and oxygen atoms in total. The van der Waals surface area contributed by atoms with Crippen molar-refractivity contribution >= 4 is 46.6 Å². The summed E-state index contributed by atoms with van der Waals surface area (Å²) in [6, 6.07) is 10.1. The molecule has 0 aliphatic carbocycles. The number of hydrogen-bond acceptors (Lipinski definition) is 6. The molecule has 3 rings (SSSR count). The van der Waals surface area contributed by atoms with E-state index in [9.17, 15) is 27.6 Å². The van der Waals surface area contributed by atoms with Crippen molar-refractivity contribution in [3.8, 4) is 6.07 Å². The number of unbranched alkanes of at least 4 members (excludes halogenated alkanes) is 1. The summed E-state index contributed by atoms with van der Waals surface area (Å²) in [5, 5.41) is 14.4. The monoisotopic (exact) mass is 663 g/mol. The number of hydrogen-bond donors (Lipinski definition) is 2. The number of amides is 3. The lowest BCUT2D eigenvalue weighted by molar-refractivity contribution is -0.140. The minimum absolute atomic E-state index is 0.0943. The van der Waals surface area contributed by atoms with E-state index in [2.05, 4.69) is 10.6 Å². The highest BCUT2D eigenvalue weighted by Crippen LogP contribution is 2.41. The van der Waals surface area contributed by atoms with Gasteiger partial charge >= 0.3 is 12.3 Å². The van der Waals surface area contributed by atoms with Crippen molar-refractivity contribution in [1.29, 1.82) is 5.26 Å². The molecule has 0 aromatic heterocycles. The average Bonchev–Trinajstić information content (AvgIpc) is 3.12. The topological polar surface area (TPSA) is 115 Å². The van der Waals surface area contributed by atoms with E-state index in [1.165, 1.54) is 24.8 Å². The maximum absolute atomic E-state index is 15.2. The van der Waals surface area contributed by atoms with Gasteiger partial charge in [0.2, 0.25) is 5.91 Å². The highest BCUT2D eigenvalue weighted by atomic mass is 32.1. The van der Waals surface area contributed by atoms with Gasteiger partial charge in [-0.1, -0.05) is 12.1 Å². The Bertz CT molecular complexity index is 1510. The van der Waals surface area contributed by atoms with Gasteiger partial charge in [0.05, 0.1) is 17.3 Å². The third-order valence-corrected chi connectivity index (χ3v) is 7.46. The second-order valence-corrected chi connectivity index (χ2v) is 12.6.